The Hall–Kier alpha value is -2.20. The number of nitrogens with one attached hydrogen (secondary N) is 1. The average Bonchev–Trinajstić information content (AvgIpc) is 3.08. The van der Waals surface area contributed by atoms with Gasteiger partial charge in [-0.1, -0.05) is 0 Å². The molecule has 0 saturated heterocycles. The Morgan fingerprint density at radius 1 is 1.32 bits per heavy atom. The number of rotatable bonds is 5. The van der Waals surface area contributed by atoms with E-state index in [9.17, 15) is 14.4 Å². The normalized spacial score (nSPS) is 11.3. The highest BCUT2D eigenvalue weighted by molar-refractivity contribution is 14.1. The van der Waals surface area contributed by atoms with Crippen molar-refractivity contribution in [1.29, 1.82) is 5.26 Å². The van der Waals surface area contributed by atoms with Crippen LogP contribution in [0.1, 0.15) is 11.4 Å². The number of aromatic amines is 1. The van der Waals surface area contributed by atoms with Crippen LogP contribution in [0, 0.1) is 24.3 Å². The van der Waals surface area contributed by atoms with E-state index in [1.807, 2.05) is 12.1 Å². The zero-order valence-electron chi connectivity index (χ0n) is 14.4. The highest BCUT2D eigenvalue weighted by Crippen LogP contribution is 2.30. The number of nitriles is 1. The summed E-state index contributed by atoms with van der Waals surface area (Å²) in [5.74, 6) is 0.0844. The van der Waals surface area contributed by atoms with E-state index < -0.39 is 5.97 Å². The van der Waals surface area contributed by atoms with Crippen LogP contribution >= 0.6 is 45.2 Å². The molecule has 6 nitrogen and oxygen atoms in total. The fourth-order valence-corrected chi connectivity index (χ4v) is 4.55. The maximum atomic E-state index is 13.4. The van der Waals surface area contributed by atoms with Gasteiger partial charge in [0.05, 0.1) is 30.9 Å². The van der Waals surface area contributed by atoms with Gasteiger partial charge < -0.3 is 14.5 Å². The lowest BCUT2D eigenvalue weighted by Crippen LogP contribution is -2.13. The van der Waals surface area contributed by atoms with Crippen molar-refractivity contribution in [3.8, 4) is 11.8 Å². The number of hydrogen-bond acceptors (Lipinski definition) is 5. The summed E-state index contributed by atoms with van der Waals surface area (Å²) in [5, 5.41) is 9.55. The molecule has 0 bridgehead atoms. The van der Waals surface area contributed by atoms with E-state index in [2.05, 4.69) is 66.0 Å². The van der Waals surface area contributed by atoms with Crippen molar-refractivity contribution in [3.05, 3.63) is 54.7 Å². The van der Waals surface area contributed by atoms with Crippen molar-refractivity contribution < 1.29 is 18.7 Å². The van der Waals surface area contributed by atoms with Crippen LogP contribution in [-0.4, -0.2) is 29.7 Å². The van der Waals surface area contributed by atoms with E-state index in [-0.39, 0.29) is 12.4 Å². The number of halogens is 3. The third kappa shape index (κ3) is 4.61. The number of benzene rings is 2. The first-order valence-electron chi connectivity index (χ1n) is 7.87. The number of methoxy groups -OCH3 is 1. The fraction of sp³-hybridized carbons (Fsp3) is 0.105. The number of hydrogen-bond donors (Lipinski definition) is 1. The molecular weight excluding hydrogens is 591 g/mol. The number of nitrogens with zero attached hydrogens (tertiary/aromatic N) is 2. The first kappa shape index (κ1) is 20.5. The number of carbonyl (C=O) groups excluding carboxylic acids is 1. The summed E-state index contributed by atoms with van der Waals surface area (Å²) >= 11 is 4.20. The first-order chi connectivity index (χ1) is 13.4. The quantitative estimate of drug-likeness (QED) is 0.263. The lowest BCUT2D eigenvalue weighted by molar-refractivity contribution is -0.142. The zero-order valence-corrected chi connectivity index (χ0v) is 18.7. The number of ether oxygens (including phenoxy) is 2. The summed E-state index contributed by atoms with van der Waals surface area (Å²) in [4.78, 5) is 18.6. The molecule has 0 amide bonds. The summed E-state index contributed by atoms with van der Waals surface area (Å²) in [6.45, 7) is -0.184. The number of aromatic nitrogens is 2. The SMILES string of the molecule is COC(=O)COc1c(I)cc(/C=C(/C#N)c2nc3ccc(F)cc3[nH]2)cc1I. The van der Waals surface area contributed by atoms with Crippen LogP contribution < -0.4 is 4.74 Å². The van der Waals surface area contributed by atoms with Gasteiger partial charge in [-0.25, -0.2) is 14.2 Å². The van der Waals surface area contributed by atoms with E-state index >= 15 is 0 Å². The van der Waals surface area contributed by atoms with Crippen LogP contribution in [-0.2, 0) is 9.53 Å². The second-order valence-electron chi connectivity index (χ2n) is 5.60. The molecule has 3 rings (SSSR count). The van der Waals surface area contributed by atoms with Gasteiger partial charge in [0.15, 0.2) is 6.61 Å². The van der Waals surface area contributed by atoms with Crippen molar-refractivity contribution in [2.45, 2.75) is 0 Å². The van der Waals surface area contributed by atoms with Gasteiger partial charge in [0, 0.05) is 0 Å². The molecule has 0 spiro atoms. The summed E-state index contributed by atoms with van der Waals surface area (Å²) in [6.07, 6.45) is 1.68. The number of esters is 1. The van der Waals surface area contributed by atoms with Gasteiger partial charge in [0.25, 0.3) is 0 Å². The van der Waals surface area contributed by atoms with E-state index in [0.29, 0.717) is 28.2 Å². The molecule has 142 valence electrons. The molecule has 0 atom stereocenters. The van der Waals surface area contributed by atoms with E-state index in [1.165, 1.54) is 19.2 Å². The topological polar surface area (TPSA) is 88.0 Å². The second kappa shape index (κ2) is 8.87. The molecule has 3 aromatic rings. The molecule has 0 saturated carbocycles. The molecule has 28 heavy (non-hydrogen) atoms. The Balaban J connectivity index is 1.93. The van der Waals surface area contributed by atoms with Crippen LogP contribution in [0.4, 0.5) is 4.39 Å². The molecule has 1 heterocycles. The van der Waals surface area contributed by atoms with Gasteiger partial charge in [-0.3, -0.25) is 0 Å². The van der Waals surface area contributed by atoms with Crippen molar-refractivity contribution in [1.82, 2.24) is 9.97 Å². The summed E-state index contributed by atoms with van der Waals surface area (Å²) < 4.78 is 25.0. The van der Waals surface area contributed by atoms with Gasteiger partial charge in [0.1, 0.15) is 23.5 Å². The smallest absolute Gasteiger partial charge is 0.343 e. The lowest BCUT2D eigenvalue weighted by Gasteiger charge is -2.10. The molecule has 1 aromatic heterocycles. The standard InChI is InChI=1S/C19H12FI2N3O3/c1-27-17(26)9-28-18-13(21)5-10(6-14(18)22)4-11(8-23)19-24-15-3-2-12(20)7-16(15)25-19/h2-7H,9H2,1H3,(H,24,25)/b11-4-. The Morgan fingerprint density at radius 3 is 2.68 bits per heavy atom. The number of H-pyrrole nitrogens is 1. The van der Waals surface area contributed by atoms with E-state index in [0.717, 1.165) is 12.7 Å². The molecule has 0 radical (unpaired) electrons. The number of carbonyl (C=O) groups is 1. The zero-order chi connectivity index (χ0) is 20.3. The van der Waals surface area contributed by atoms with Crippen LogP contribution in [0.25, 0.3) is 22.7 Å². The third-order valence-electron chi connectivity index (χ3n) is 3.71. The lowest BCUT2D eigenvalue weighted by atomic mass is 10.1. The largest absolute Gasteiger partial charge is 0.480 e. The monoisotopic (exact) mass is 603 g/mol. The molecule has 0 unspecified atom stereocenters. The van der Waals surface area contributed by atoms with Crippen LogP contribution in [0.3, 0.4) is 0 Å². The third-order valence-corrected chi connectivity index (χ3v) is 5.32. The predicted molar refractivity (Wildman–Crippen MR) is 119 cm³/mol. The minimum Gasteiger partial charge on any atom is -0.480 e. The molecule has 9 heteroatoms. The van der Waals surface area contributed by atoms with Crippen molar-refractivity contribution in [2.75, 3.05) is 13.7 Å². The predicted octanol–water partition coefficient (Wildman–Crippen LogP) is 4.53. The Kier molecular flexibility index (Phi) is 6.50. The van der Waals surface area contributed by atoms with Gasteiger partial charge in [-0.15, -0.1) is 0 Å². The first-order valence-corrected chi connectivity index (χ1v) is 10.0. The Bertz CT molecular complexity index is 1110. The minimum absolute atomic E-state index is 0.184. The van der Waals surface area contributed by atoms with E-state index in [1.54, 1.807) is 12.1 Å². The molecule has 0 fully saturated rings. The molecular formula is C19H12FI2N3O3. The van der Waals surface area contributed by atoms with Gasteiger partial charge in [0.2, 0.25) is 0 Å². The fourth-order valence-electron chi connectivity index (χ4n) is 2.42. The van der Waals surface area contributed by atoms with Crippen molar-refractivity contribution in [2.24, 2.45) is 0 Å². The summed E-state index contributed by atoms with van der Waals surface area (Å²) in [7, 11) is 1.30. The highest BCUT2D eigenvalue weighted by Gasteiger charge is 2.13. The van der Waals surface area contributed by atoms with Crippen LogP contribution in [0.2, 0.25) is 0 Å². The van der Waals surface area contributed by atoms with Gasteiger partial charge >= 0.3 is 5.97 Å². The van der Waals surface area contributed by atoms with Crippen molar-refractivity contribution in [3.63, 3.8) is 0 Å². The maximum absolute atomic E-state index is 13.4. The Labute approximate surface area is 187 Å². The number of imidazole rings is 1. The molecule has 0 aliphatic rings. The van der Waals surface area contributed by atoms with E-state index in [4.69, 9.17) is 4.74 Å². The van der Waals surface area contributed by atoms with Crippen LogP contribution in [0.5, 0.6) is 5.75 Å². The van der Waals surface area contributed by atoms with Gasteiger partial charge in [-0.2, -0.15) is 5.26 Å². The number of allylic oxidation sites excluding steroid dienone is 1. The molecule has 0 aliphatic carbocycles. The van der Waals surface area contributed by atoms with Crippen molar-refractivity contribution >= 4 is 73.8 Å². The summed E-state index contributed by atoms with van der Waals surface area (Å²) in [6, 6.07) is 9.98. The molecule has 0 aliphatic heterocycles. The average molecular weight is 603 g/mol. The molecule has 1 N–H and O–H groups in total. The van der Waals surface area contributed by atoms with Gasteiger partial charge in [-0.05, 0) is 87.2 Å². The summed E-state index contributed by atoms with van der Waals surface area (Å²) in [5.41, 5.74) is 2.17. The van der Waals surface area contributed by atoms with Crippen LogP contribution in [0.15, 0.2) is 30.3 Å². The minimum atomic E-state index is -0.469. The number of fused-ring (bicyclic) bond motifs is 1. The highest BCUT2D eigenvalue weighted by atomic mass is 127. The molecule has 2 aromatic carbocycles. The maximum Gasteiger partial charge on any atom is 0.343 e. The Morgan fingerprint density at radius 2 is 2.04 bits per heavy atom. The second-order valence-corrected chi connectivity index (χ2v) is 7.92.